The average Bonchev–Trinajstić information content (AvgIpc) is 2.30. The van der Waals surface area contributed by atoms with Crippen LogP contribution < -0.4 is 0 Å². The molecule has 2 rings (SSSR count). The fourth-order valence-corrected chi connectivity index (χ4v) is 1.71. The molecule has 0 aliphatic carbocycles. The van der Waals surface area contributed by atoms with E-state index in [9.17, 15) is 4.79 Å². The van der Waals surface area contributed by atoms with Crippen molar-refractivity contribution in [2.45, 2.75) is 13.0 Å². The van der Waals surface area contributed by atoms with Crippen LogP contribution in [0.3, 0.4) is 0 Å². The molecular formula is C10H12ClN3O2. The summed E-state index contributed by atoms with van der Waals surface area (Å²) in [6.07, 6.45) is 0. The van der Waals surface area contributed by atoms with E-state index in [4.69, 9.17) is 16.3 Å². The number of hydrogen-bond acceptors (Lipinski definition) is 4. The summed E-state index contributed by atoms with van der Waals surface area (Å²) < 4.78 is 5.27. The number of carbonyl (C=O) groups is 1. The highest BCUT2D eigenvalue weighted by Crippen LogP contribution is 2.11. The quantitative estimate of drug-likeness (QED) is 0.736. The Kier molecular flexibility index (Phi) is 3.36. The van der Waals surface area contributed by atoms with Crippen LogP contribution in [0.1, 0.15) is 17.4 Å². The van der Waals surface area contributed by atoms with Gasteiger partial charge in [-0.05, 0) is 19.1 Å². The lowest BCUT2D eigenvalue weighted by molar-refractivity contribution is 0.00321. The summed E-state index contributed by atoms with van der Waals surface area (Å²) in [7, 11) is 0. The normalized spacial score (nSPS) is 20.9. The Balaban J connectivity index is 2.14. The van der Waals surface area contributed by atoms with E-state index >= 15 is 0 Å². The Morgan fingerprint density at radius 2 is 2.38 bits per heavy atom. The lowest BCUT2D eigenvalue weighted by atomic mass is 10.2. The summed E-state index contributed by atoms with van der Waals surface area (Å²) in [6, 6.07) is 3.21. The van der Waals surface area contributed by atoms with Gasteiger partial charge in [0, 0.05) is 6.54 Å². The fraction of sp³-hybridized carbons (Fsp3) is 0.500. The Bertz CT molecular complexity index is 382. The van der Waals surface area contributed by atoms with Gasteiger partial charge in [-0.3, -0.25) is 4.79 Å². The standard InChI is InChI=1S/C10H12ClN3O2/c1-7-6-16-5-4-14(7)10(15)8-2-3-9(11)13-12-8/h2-3,7H,4-6H2,1H3/t7-/m1/s1. The monoisotopic (exact) mass is 241 g/mol. The molecule has 1 aliphatic rings. The van der Waals surface area contributed by atoms with E-state index in [1.165, 1.54) is 0 Å². The van der Waals surface area contributed by atoms with Gasteiger partial charge in [-0.25, -0.2) is 0 Å². The largest absolute Gasteiger partial charge is 0.377 e. The number of ether oxygens (including phenoxy) is 1. The van der Waals surface area contributed by atoms with Crippen molar-refractivity contribution in [1.82, 2.24) is 15.1 Å². The Hall–Kier alpha value is -1.20. The average molecular weight is 242 g/mol. The molecule has 1 fully saturated rings. The SMILES string of the molecule is C[C@@H]1COCCN1C(=O)c1ccc(Cl)nn1. The molecule has 1 aromatic rings. The van der Waals surface area contributed by atoms with Crippen LogP contribution in [0.5, 0.6) is 0 Å². The number of rotatable bonds is 1. The van der Waals surface area contributed by atoms with Crippen molar-refractivity contribution in [2.75, 3.05) is 19.8 Å². The lowest BCUT2D eigenvalue weighted by Crippen LogP contribution is -2.47. The van der Waals surface area contributed by atoms with Gasteiger partial charge < -0.3 is 9.64 Å². The molecule has 6 heteroatoms. The summed E-state index contributed by atoms with van der Waals surface area (Å²) in [5, 5.41) is 7.71. The zero-order valence-corrected chi connectivity index (χ0v) is 9.65. The highest BCUT2D eigenvalue weighted by atomic mass is 35.5. The van der Waals surface area contributed by atoms with Gasteiger partial charge in [0.2, 0.25) is 0 Å². The molecule has 0 aromatic carbocycles. The number of morpholine rings is 1. The predicted molar refractivity (Wildman–Crippen MR) is 58.4 cm³/mol. The zero-order valence-electron chi connectivity index (χ0n) is 8.89. The number of halogens is 1. The highest BCUT2D eigenvalue weighted by molar-refractivity contribution is 6.29. The Morgan fingerprint density at radius 1 is 1.56 bits per heavy atom. The van der Waals surface area contributed by atoms with Crippen LogP contribution in [0, 0.1) is 0 Å². The number of aromatic nitrogens is 2. The molecule has 0 spiro atoms. The lowest BCUT2D eigenvalue weighted by Gasteiger charge is -2.32. The molecule has 0 radical (unpaired) electrons. The van der Waals surface area contributed by atoms with Gasteiger partial charge in [-0.1, -0.05) is 11.6 Å². The maximum Gasteiger partial charge on any atom is 0.274 e. The third-order valence-electron chi connectivity index (χ3n) is 2.48. The van der Waals surface area contributed by atoms with E-state index in [-0.39, 0.29) is 17.1 Å². The molecule has 86 valence electrons. The third kappa shape index (κ3) is 2.31. The van der Waals surface area contributed by atoms with E-state index in [1.54, 1.807) is 17.0 Å². The van der Waals surface area contributed by atoms with Crippen molar-refractivity contribution in [3.8, 4) is 0 Å². The minimum atomic E-state index is -0.125. The second-order valence-electron chi connectivity index (χ2n) is 3.66. The van der Waals surface area contributed by atoms with E-state index in [0.29, 0.717) is 25.5 Å². The van der Waals surface area contributed by atoms with Gasteiger partial charge in [0.25, 0.3) is 5.91 Å². The van der Waals surface area contributed by atoms with Crippen LogP contribution >= 0.6 is 11.6 Å². The molecule has 1 saturated heterocycles. The van der Waals surface area contributed by atoms with Crippen LogP contribution in [0.2, 0.25) is 5.15 Å². The smallest absolute Gasteiger partial charge is 0.274 e. The summed E-state index contributed by atoms with van der Waals surface area (Å²) in [4.78, 5) is 13.8. The first-order valence-corrected chi connectivity index (χ1v) is 5.44. The molecule has 16 heavy (non-hydrogen) atoms. The molecule has 0 unspecified atom stereocenters. The molecular weight excluding hydrogens is 230 g/mol. The van der Waals surface area contributed by atoms with E-state index in [0.717, 1.165) is 0 Å². The van der Waals surface area contributed by atoms with E-state index in [2.05, 4.69) is 10.2 Å². The van der Waals surface area contributed by atoms with Crippen LogP contribution in [0.15, 0.2) is 12.1 Å². The molecule has 1 amide bonds. The van der Waals surface area contributed by atoms with Gasteiger partial charge in [-0.2, -0.15) is 0 Å². The van der Waals surface area contributed by atoms with Crippen LogP contribution in [0.25, 0.3) is 0 Å². The molecule has 0 saturated carbocycles. The van der Waals surface area contributed by atoms with Gasteiger partial charge in [0.15, 0.2) is 10.8 Å². The summed E-state index contributed by atoms with van der Waals surface area (Å²) >= 11 is 5.61. The second kappa shape index (κ2) is 4.76. The minimum Gasteiger partial charge on any atom is -0.377 e. The van der Waals surface area contributed by atoms with Crippen molar-refractivity contribution in [1.29, 1.82) is 0 Å². The summed E-state index contributed by atoms with van der Waals surface area (Å²) in [6.45, 7) is 3.66. The first kappa shape index (κ1) is 11.3. The van der Waals surface area contributed by atoms with Crippen molar-refractivity contribution >= 4 is 17.5 Å². The number of nitrogens with zero attached hydrogens (tertiary/aromatic N) is 3. The van der Waals surface area contributed by atoms with Crippen molar-refractivity contribution in [3.05, 3.63) is 23.0 Å². The predicted octanol–water partition coefficient (Wildman–Crippen LogP) is 0.991. The molecule has 1 aliphatic heterocycles. The zero-order chi connectivity index (χ0) is 11.5. The first-order chi connectivity index (χ1) is 7.68. The van der Waals surface area contributed by atoms with Gasteiger partial charge in [0.1, 0.15) is 0 Å². The van der Waals surface area contributed by atoms with E-state index < -0.39 is 0 Å². The van der Waals surface area contributed by atoms with E-state index in [1.807, 2.05) is 6.92 Å². The Morgan fingerprint density at radius 3 is 3.00 bits per heavy atom. The van der Waals surface area contributed by atoms with Crippen molar-refractivity contribution in [3.63, 3.8) is 0 Å². The number of hydrogen-bond donors (Lipinski definition) is 0. The van der Waals surface area contributed by atoms with Gasteiger partial charge in [0.05, 0.1) is 19.3 Å². The summed E-state index contributed by atoms with van der Waals surface area (Å²) in [5.41, 5.74) is 0.318. The van der Waals surface area contributed by atoms with Crippen LogP contribution in [-0.2, 0) is 4.74 Å². The fourth-order valence-electron chi connectivity index (χ4n) is 1.61. The topological polar surface area (TPSA) is 55.3 Å². The molecule has 0 bridgehead atoms. The Labute approximate surface area is 98.4 Å². The maximum atomic E-state index is 12.0. The van der Waals surface area contributed by atoms with Crippen LogP contribution in [-0.4, -0.2) is 46.8 Å². The summed E-state index contributed by atoms with van der Waals surface area (Å²) in [5.74, 6) is -0.125. The van der Waals surface area contributed by atoms with Gasteiger partial charge >= 0.3 is 0 Å². The van der Waals surface area contributed by atoms with Crippen LogP contribution in [0.4, 0.5) is 0 Å². The molecule has 2 heterocycles. The van der Waals surface area contributed by atoms with Crippen molar-refractivity contribution in [2.24, 2.45) is 0 Å². The molecule has 0 N–H and O–H groups in total. The molecule has 5 nitrogen and oxygen atoms in total. The maximum absolute atomic E-state index is 12.0. The second-order valence-corrected chi connectivity index (χ2v) is 4.05. The van der Waals surface area contributed by atoms with Crippen molar-refractivity contribution < 1.29 is 9.53 Å². The van der Waals surface area contributed by atoms with Gasteiger partial charge in [-0.15, -0.1) is 10.2 Å². The highest BCUT2D eigenvalue weighted by Gasteiger charge is 2.25. The number of carbonyl (C=O) groups excluding carboxylic acids is 1. The third-order valence-corrected chi connectivity index (χ3v) is 2.68. The molecule has 1 atom stereocenters. The first-order valence-electron chi connectivity index (χ1n) is 5.06. The molecule has 1 aromatic heterocycles. The minimum absolute atomic E-state index is 0.0683. The number of amides is 1.